The van der Waals surface area contributed by atoms with Crippen LogP contribution >= 0.6 is 0 Å². The first-order chi connectivity index (χ1) is 13.5. The number of nitrogens with zero attached hydrogens (tertiary/aromatic N) is 1. The number of hydrogen-bond acceptors (Lipinski definition) is 6. The van der Waals surface area contributed by atoms with Gasteiger partial charge in [-0.3, -0.25) is 10.6 Å². The molecule has 162 valence electrons. The maximum Gasteiger partial charge on any atom is 0.317 e. The molecule has 2 saturated heterocycles. The van der Waals surface area contributed by atoms with Gasteiger partial charge in [0, 0.05) is 12.1 Å². The molecule has 6 unspecified atom stereocenters. The lowest BCUT2D eigenvalue weighted by Gasteiger charge is -2.40. The number of hydrogen-bond donors (Lipinski definition) is 6. The lowest BCUT2D eigenvalue weighted by Crippen LogP contribution is -2.68. The van der Waals surface area contributed by atoms with E-state index in [1.165, 1.54) is 12.8 Å². The minimum atomic E-state index is -0.206. The van der Waals surface area contributed by atoms with Gasteiger partial charge in [-0.05, 0) is 97.6 Å². The minimum absolute atomic E-state index is 0.0716. The van der Waals surface area contributed by atoms with Gasteiger partial charge >= 0.3 is 6.03 Å². The fraction of sp³-hybridized carbons (Fsp3) is 0.950. The Balaban J connectivity index is 1.38. The van der Waals surface area contributed by atoms with E-state index >= 15 is 0 Å². The second kappa shape index (κ2) is 10.7. The monoisotopic (exact) mass is 395 g/mol. The van der Waals surface area contributed by atoms with Gasteiger partial charge in [0.05, 0.1) is 6.17 Å². The number of carbonyl (C=O) groups is 1. The zero-order valence-corrected chi connectivity index (χ0v) is 17.9. The topological polar surface area (TPSA) is 92.5 Å². The van der Waals surface area contributed by atoms with Crippen LogP contribution in [0.4, 0.5) is 4.79 Å². The summed E-state index contributed by atoms with van der Waals surface area (Å²) in [6.07, 6.45) is 6.86. The van der Waals surface area contributed by atoms with Gasteiger partial charge in [0.15, 0.2) is 0 Å². The predicted octanol–water partition coefficient (Wildman–Crippen LogP) is 0.186. The van der Waals surface area contributed by atoms with Gasteiger partial charge in [0.2, 0.25) is 0 Å². The number of fused-ring (bicyclic) bond motifs is 1. The normalized spacial score (nSPS) is 36.0. The largest absolute Gasteiger partial charge is 0.335 e. The zero-order valence-electron chi connectivity index (χ0n) is 17.9. The third-order valence-corrected chi connectivity index (χ3v) is 6.43. The molecule has 3 aliphatic rings. The molecule has 2 aliphatic heterocycles. The number of urea groups is 1. The first-order valence-electron chi connectivity index (χ1n) is 11.2. The fourth-order valence-electron chi connectivity index (χ4n) is 4.94. The Morgan fingerprint density at radius 2 is 1.93 bits per heavy atom. The number of carbonyl (C=O) groups excluding carboxylic acids is 1. The molecule has 1 saturated carbocycles. The highest BCUT2D eigenvalue weighted by Gasteiger charge is 2.33. The lowest BCUT2D eigenvalue weighted by atomic mass is 9.74. The molecule has 6 N–H and O–H groups in total. The van der Waals surface area contributed by atoms with Crippen LogP contribution in [-0.4, -0.2) is 75.7 Å². The Labute approximate surface area is 170 Å². The Morgan fingerprint density at radius 3 is 2.75 bits per heavy atom. The van der Waals surface area contributed by atoms with Gasteiger partial charge in [-0.1, -0.05) is 0 Å². The quantitative estimate of drug-likeness (QED) is 0.345. The molecule has 2 amide bonds. The third-order valence-electron chi connectivity index (χ3n) is 6.43. The molecule has 0 radical (unpaired) electrons. The smallest absolute Gasteiger partial charge is 0.317 e. The molecule has 3 rings (SSSR count). The Kier molecular flexibility index (Phi) is 8.35. The van der Waals surface area contributed by atoms with Crippen molar-refractivity contribution in [2.24, 2.45) is 11.8 Å². The average Bonchev–Trinajstić information content (AvgIpc) is 2.64. The summed E-state index contributed by atoms with van der Waals surface area (Å²) >= 11 is 0. The molecule has 28 heavy (non-hydrogen) atoms. The molecule has 3 fully saturated rings. The molecule has 0 aromatic rings. The van der Waals surface area contributed by atoms with Gasteiger partial charge in [-0.2, -0.15) is 0 Å². The Hall–Kier alpha value is -0.930. The van der Waals surface area contributed by atoms with Crippen molar-refractivity contribution in [3.8, 4) is 0 Å². The molecule has 6 atom stereocenters. The van der Waals surface area contributed by atoms with E-state index < -0.39 is 0 Å². The zero-order chi connectivity index (χ0) is 19.9. The Morgan fingerprint density at radius 1 is 1.07 bits per heavy atom. The van der Waals surface area contributed by atoms with Gasteiger partial charge in [-0.15, -0.1) is 0 Å². The van der Waals surface area contributed by atoms with E-state index in [2.05, 4.69) is 57.8 Å². The highest BCUT2D eigenvalue weighted by atomic mass is 16.2. The molecule has 8 heteroatoms. The van der Waals surface area contributed by atoms with Crippen molar-refractivity contribution in [3.63, 3.8) is 0 Å². The summed E-state index contributed by atoms with van der Waals surface area (Å²) in [4.78, 5) is 14.7. The summed E-state index contributed by atoms with van der Waals surface area (Å²) in [7, 11) is 4.20. The van der Waals surface area contributed by atoms with E-state index in [4.69, 9.17) is 0 Å². The average molecular weight is 396 g/mol. The van der Waals surface area contributed by atoms with Crippen LogP contribution in [-0.2, 0) is 0 Å². The van der Waals surface area contributed by atoms with Crippen LogP contribution in [0.1, 0.15) is 45.4 Å². The summed E-state index contributed by atoms with van der Waals surface area (Å²) in [5.74, 6) is 1.57. The van der Waals surface area contributed by atoms with Crippen molar-refractivity contribution in [2.45, 2.75) is 70.0 Å². The van der Waals surface area contributed by atoms with Crippen molar-refractivity contribution in [1.82, 2.24) is 36.8 Å². The second-order valence-corrected chi connectivity index (χ2v) is 9.21. The summed E-state index contributed by atoms with van der Waals surface area (Å²) in [6, 6.07) is 0.571. The molecular formula is C20H41N7O. The molecular weight excluding hydrogens is 354 g/mol. The second-order valence-electron chi connectivity index (χ2n) is 9.21. The predicted molar refractivity (Wildman–Crippen MR) is 113 cm³/mol. The molecule has 8 nitrogen and oxygen atoms in total. The summed E-state index contributed by atoms with van der Waals surface area (Å²) in [6.45, 7) is 6.48. The number of piperidine rings is 1. The maximum absolute atomic E-state index is 12.5. The molecule has 0 spiro atoms. The molecule has 0 aromatic heterocycles. The van der Waals surface area contributed by atoms with Gasteiger partial charge in [0.25, 0.3) is 0 Å². The van der Waals surface area contributed by atoms with Crippen LogP contribution < -0.4 is 31.9 Å². The van der Waals surface area contributed by atoms with Crippen molar-refractivity contribution < 1.29 is 4.79 Å². The van der Waals surface area contributed by atoms with Crippen molar-refractivity contribution in [3.05, 3.63) is 0 Å². The highest BCUT2D eigenvalue weighted by molar-refractivity contribution is 5.74. The van der Waals surface area contributed by atoms with Crippen LogP contribution in [0.3, 0.4) is 0 Å². The highest BCUT2D eigenvalue weighted by Crippen LogP contribution is 2.33. The minimum Gasteiger partial charge on any atom is -0.335 e. The van der Waals surface area contributed by atoms with E-state index in [0.29, 0.717) is 12.1 Å². The van der Waals surface area contributed by atoms with E-state index in [-0.39, 0.29) is 18.5 Å². The van der Waals surface area contributed by atoms with Gasteiger partial charge < -0.3 is 26.2 Å². The van der Waals surface area contributed by atoms with E-state index in [9.17, 15) is 4.79 Å². The number of rotatable bonds is 7. The maximum atomic E-state index is 12.5. The molecule has 2 heterocycles. The number of amides is 2. The molecule has 1 aliphatic carbocycles. The van der Waals surface area contributed by atoms with Gasteiger partial charge in [0.1, 0.15) is 6.29 Å². The number of nitrogens with one attached hydrogen (secondary N) is 6. The first-order valence-corrected chi connectivity index (χ1v) is 11.2. The Bertz CT molecular complexity index is 489. The molecule has 0 bridgehead atoms. The van der Waals surface area contributed by atoms with Crippen LogP contribution in [0.2, 0.25) is 0 Å². The van der Waals surface area contributed by atoms with E-state index in [1.54, 1.807) is 0 Å². The van der Waals surface area contributed by atoms with Crippen LogP contribution in [0, 0.1) is 11.8 Å². The van der Waals surface area contributed by atoms with Gasteiger partial charge in [-0.25, -0.2) is 4.79 Å². The SMILES string of the molecule is CC1CC(NCCCN(C)C)NC(NC(=O)NC2CCC3CCNCC3C2)N1. The fourth-order valence-corrected chi connectivity index (χ4v) is 4.94. The third kappa shape index (κ3) is 6.84. The van der Waals surface area contributed by atoms with Crippen LogP contribution in [0.15, 0.2) is 0 Å². The van der Waals surface area contributed by atoms with E-state index in [1.807, 2.05) is 0 Å². The van der Waals surface area contributed by atoms with Crippen molar-refractivity contribution >= 4 is 6.03 Å². The summed E-state index contributed by atoms with van der Waals surface area (Å²) < 4.78 is 0. The molecule has 0 aromatic carbocycles. The van der Waals surface area contributed by atoms with Crippen molar-refractivity contribution in [2.75, 3.05) is 40.3 Å². The summed E-state index contributed by atoms with van der Waals surface area (Å²) in [5, 5.41) is 20.2. The van der Waals surface area contributed by atoms with Crippen LogP contribution in [0.25, 0.3) is 0 Å². The first kappa shape index (κ1) is 21.8. The van der Waals surface area contributed by atoms with E-state index in [0.717, 1.165) is 63.7 Å². The summed E-state index contributed by atoms with van der Waals surface area (Å²) in [5.41, 5.74) is 0. The van der Waals surface area contributed by atoms with Crippen molar-refractivity contribution in [1.29, 1.82) is 0 Å². The standard InChI is InChI=1S/C20H41N7O/c1-14-11-18(22-8-4-10-27(2)3)25-19(23-14)26-20(28)24-17-6-5-15-7-9-21-13-16(15)12-17/h14-19,21-23,25H,4-13H2,1-3H3,(H2,24,26,28). The lowest BCUT2D eigenvalue weighted by molar-refractivity contribution is 0.151. The van der Waals surface area contributed by atoms with Crippen LogP contribution in [0.5, 0.6) is 0 Å².